The van der Waals surface area contributed by atoms with Crippen LogP contribution in [-0.2, 0) is 0 Å². The van der Waals surface area contributed by atoms with Gasteiger partial charge in [0.15, 0.2) is 0 Å². The number of benzene rings is 1. The summed E-state index contributed by atoms with van der Waals surface area (Å²) in [5, 5.41) is 7.25. The van der Waals surface area contributed by atoms with Crippen molar-refractivity contribution in [3.8, 4) is 0 Å². The Bertz CT molecular complexity index is 551. The van der Waals surface area contributed by atoms with Crippen molar-refractivity contribution in [2.45, 2.75) is 12.5 Å². The van der Waals surface area contributed by atoms with Crippen molar-refractivity contribution in [3.05, 3.63) is 35.6 Å². The van der Waals surface area contributed by atoms with Gasteiger partial charge in [0.25, 0.3) is 0 Å². The summed E-state index contributed by atoms with van der Waals surface area (Å²) in [4.78, 5) is 4.07. The number of hydrogen-bond acceptors (Lipinski definition) is 4. The van der Waals surface area contributed by atoms with Crippen molar-refractivity contribution >= 4 is 11.9 Å². The summed E-state index contributed by atoms with van der Waals surface area (Å²) in [6.07, 6.45) is 0.833. The van der Waals surface area contributed by atoms with Crippen molar-refractivity contribution in [2.75, 3.05) is 17.6 Å². The molecule has 1 aromatic carbocycles. The molecule has 1 unspecified atom stereocenters. The Morgan fingerprint density at radius 2 is 2.35 bits per heavy atom. The second kappa shape index (κ2) is 3.73. The first kappa shape index (κ1) is 10.1. The second-order valence-corrected chi connectivity index (χ2v) is 4.02. The summed E-state index contributed by atoms with van der Waals surface area (Å²) in [6.45, 7) is 0.777. The first-order chi connectivity index (χ1) is 8.24. The molecule has 1 aliphatic rings. The number of nitrogen functional groups attached to an aromatic ring is 1. The number of anilines is 2. The third kappa shape index (κ3) is 1.71. The number of nitrogens with one attached hydrogen (secondary N) is 1. The highest BCUT2D eigenvalue weighted by Crippen LogP contribution is 2.28. The number of halogens is 1. The monoisotopic (exact) mass is 233 g/mol. The van der Waals surface area contributed by atoms with E-state index in [4.69, 9.17) is 5.73 Å². The summed E-state index contributed by atoms with van der Waals surface area (Å²) < 4.78 is 14.9. The Labute approximate surface area is 97.5 Å². The Morgan fingerprint density at radius 1 is 1.47 bits per heavy atom. The van der Waals surface area contributed by atoms with Gasteiger partial charge in [-0.1, -0.05) is 12.1 Å². The van der Waals surface area contributed by atoms with E-state index in [9.17, 15) is 4.39 Å². The molecule has 1 aliphatic heterocycles. The molecule has 3 N–H and O–H groups in total. The quantitative estimate of drug-likeness (QED) is 0.781. The summed E-state index contributed by atoms with van der Waals surface area (Å²) in [5.41, 5.74) is 6.46. The molecule has 88 valence electrons. The molecule has 0 saturated heterocycles. The standard InChI is InChI=1S/C11H12FN5/c12-8-3-1-2-7(6-8)9-4-5-14-11-15-10(13)16-17(9)11/h1-3,6,9H,4-5H2,(H3,13,14,15,16). The Kier molecular flexibility index (Phi) is 2.21. The number of nitrogens with two attached hydrogens (primary N) is 1. The van der Waals surface area contributed by atoms with Gasteiger partial charge in [0.05, 0.1) is 6.04 Å². The van der Waals surface area contributed by atoms with E-state index in [-0.39, 0.29) is 17.8 Å². The number of hydrogen-bond donors (Lipinski definition) is 2. The molecule has 5 nitrogen and oxygen atoms in total. The van der Waals surface area contributed by atoms with Crippen LogP contribution in [0.2, 0.25) is 0 Å². The van der Waals surface area contributed by atoms with Crippen LogP contribution in [0.1, 0.15) is 18.0 Å². The molecule has 2 heterocycles. The van der Waals surface area contributed by atoms with E-state index in [0.717, 1.165) is 18.5 Å². The highest BCUT2D eigenvalue weighted by Gasteiger charge is 2.23. The average Bonchev–Trinajstić information content (AvgIpc) is 2.68. The first-order valence-corrected chi connectivity index (χ1v) is 5.45. The van der Waals surface area contributed by atoms with Gasteiger partial charge in [-0.25, -0.2) is 9.07 Å². The van der Waals surface area contributed by atoms with Crippen LogP contribution in [0.15, 0.2) is 24.3 Å². The average molecular weight is 233 g/mol. The summed E-state index contributed by atoms with van der Waals surface area (Å²) in [6, 6.07) is 6.54. The minimum Gasteiger partial charge on any atom is -0.366 e. The summed E-state index contributed by atoms with van der Waals surface area (Å²) in [7, 11) is 0. The van der Waals surface area contributed by atoms with Crippen molar-refractivity contribution in [2.24, 2.45) is 0 Å². The van der Waals surface area contributed by atoms with Crippen LogP contribution >= 0.6 is 0 Å². The largest absolute Gasteiger partial charge is 0.366 e. The van der Waals surface area contributed by atoms with Crippen molar-refractivity contribution in [3.63, 3.8) is 0 Å². The van der Waals surface area contributed by atoms with Gasteiger partial charge >= 0.3 is 0 Å². The minimum absolute atomic E-state index is 0.00764. The number of nitrogens with zero attached hydrogens (tertiary/aromatic N) is 3. The van der Waals surface area contributed by atoms with E-state index in [1.807, 2.05) is 6.07 Å². The van der Waals surface area contributed by atoms with E-state index in [1.54, 1.807) is 10.7 Å². The smallest absolute Gasteiger partial charge is 0.241 e. The fraction of sp³-hybridized carbons (Fsp3) is 0.273. The van der Waals surface area contributed by atoms with Crippen LogP contribution in [0.3, 0.4) is 0 Å². The van der Waals surface area contributed by atoms with E-state index >= 15 is 0 Å². The molecule has 0 spiro atoms. The molecular weight excluding hydrogens is 221 g/mol. The van der Waals surface area contributed by atoms with Crippen LogP contribution in [-0.4, -0.2) is 21.3 Å². The van der Waals surface area contributed by atoms with Crippen LogP contribution in [0, 0.1) is 5.82 Å². The maximum Gasteiger partial charge on any atom is 0.241 e. The Hall–Kier alpha value is -2.11. The highest BCUT2D eigenvalue weighted by atomic mass is 19.1. The van der Waals surface area contributed by atoms with Gasteiger partial charge in [-0.3, -0.25) is 0 Å². The molecule has 0 fully saturated rings. The molecule has 0 radical (unpaired) electrons. The fourth-order valence-corrected chi connectivity index (χ4v) is 2.14. The van der Waals surface area contributed by atoms with Gasteiger partial charge in [0, 0.05) is 6.54 Å². The lowest BCUT2D eigenvalue weighted by molar-refractivity contribution is 0.478. The van der Waals surface area contributed by atoms with E-state index in [1.165, 1.54) is 12.1 Å². The molecule has 0 saturated carbocycles. The predicted octanol–water partition coefficient (Wildman–Crippen LogP) is 1.40. The number of fused-ring (bicyclic) bond motifs is 1. The van der Waals surface area contributed by atoms with Crippen LogP contribution < -0.4 is 11.1 Å². The molecule has 1 aromatic heterocycles. The molecular formula is C11H12FN5. The van der Waals surface area contributed by atoms with Gasteiger partial charge in [-0.15, -0.1) is 5.10 Å². The van der Waals surface area contributed by atoms with Gasteiger partial charge in [-0.2, -0.15) is 4.98 Å². The molecule has 3 rings (SSSR count). The molecule has 0 aliphatic carbocycles. The highest BCUT2D eigenvalue weighted by molar-refractivity contribution is 5.37. The van der Waals surface area contributed by atoms with Crippen molar-refractivity contribution in [1.29, 1.82) is 0 Å². The van der Waals surface area contributed by atoms with E-state index in [2.05, 4.69) is 15.4 Å². The summed E-state index contributed by atoms with van der Waals surface area (Å²) in [5.74, 6) is 0.634. The molecule has 0 bridgehead atoms. The van der Waals surface area contributed by atoms with Gasteiger partial charge in [-0.05, 0) is 24.1 Å². The summed E-state index contributed by atoms with van der Waals surface area (Å²) >= 11 is 0. The van der Waals surface area contributed by atoms with Gasteiger partial charge < -0.3 is 11.1 Å². The van der Waals surface area contributed by atoms with E-state index < -0.39 is 0 Å². The van der Waals surface area contributed by atoms with Gasteiger partial charge in [0.2, 0.25) is 11.9 Å². The molecule has 0 amide bonds. The fourth-order valence-electron chi connectivity index (χ4n) is 2.14. The van der Waals surface area contributed by atoms with Crippen LogP contribution in [0.25, 0.3) is 0 Å². The lowest BCUT2D eigenvalue weighted by Gasteiger charge is -2.24. The lowest BCUT2D eigenvalue weighted by atomic mass is 10.0. The zero-order chi connectivity index (χ0) is 11.8. The maximum absolute atomic E-state index is 13.2. The van der Waals surface area contributed by atoms with E-state index in [0.29, 0.717) is 5.95 Å². The third-order valence-electron chi connectivity index (χ3n) is 2.88. The molecule has 6 heteroatoms. The third-order valence-corrected chi connectivity index (χ3v) is 2.88. The normalized spacial score (nSPS) is 18.5. The van der Waals surface area contributed by atoms with Crippen LogP contribution in [0.4, 0.5) is 16.3 Å². The number of aromatic nitrogens is 3. The SMILES string of the molecule is Nc1nc2n(n1)C(c1cccc(F)c1)CCN2. The zero-order valence-electron chi connectivity index (χ0n) is 9.10. The molecule has 2 aromatic rings. The first-order valence-electron chi connectivity index (χ1n) is 5.45. The van der Waals surface area contributed by atoms with Crippen LogP contribution in [0.5, 0.6) is 0 Å². The second-order valence-electron chi connectivity index (χ2n) is 4.02. The lowest BCUT2D eigenvalue weighted by Crippen LogP contribution is -2.24. The maximum atomic E-state index is 13.2. The molecule has 1 atom stereocenters. The van der Waals surface area contributed by atoms with Crippen molar-refractivity contribution < 1.29 is 4.39 Å². The Morgan fingerprint density at radius 3 is 3.18 bits per heavy atom. The van der Waals surface area contributed by atoms with Gasteiger partial charge in [0.1, 0.15) is 5.82 Å². The van der Waals surface area contributed by atoms with Crippen molar-refractivity contribution in [1.82, 2.24) is 14.8 Å². The number of rotatable bonds is 1. The predicted molar refractivity (Wildman–Crippen MR) is 62.1 cm³/mol. The zero-order valence-corrected chi connectivity index (χ0v) is 9.10. The molecule has 17 heavy (non-hydrogen) atoms. The minimum atomic E-state index is -0.240. The Balaban J connectivity index is 2.05. The topological polar surface area (TPSA) is 68.8 Å².